The van der Waals surface area contributed by atoms with Crippen LogP contribution < -0.4 is 16.0 Å². The topological polar surface area (TPSA) is 83.3 Å². The van der Waals surface area contributed by atoms with E-state index in [0.717, 1.165) is 41.8 Å². The third-order valence-corrected chi connectivity index (χ3v) is 5.12. The molecule has 0 atom stereocenters. The fourth-order valence-electron chi connectivity index (χ4n) is 3.41. The number of halogens is 1. The van der Waals surface area contributed by atoms with Crippen LogP contribution in [0, 0.1) is 5.92 Å². The lowest BCUT2D eigenvalue weighted by atomic mass is 10.0. The van der Waals surface area contributed by atoms with Crippen LogP contribution in [-0.2, 0) is 13.1 Å². The van der Waals surface area contributed by atoms with Crippen molar-refractivity contribution in [2.45, 2.75) is 45.7 Å². The summed E-state index contributed by atoms with van der Waals surface area (Å²) in [6.07, 6.45) is 7.40. The minimum absolute atomic E-state index is 0. The Morgan fingerprint density at radius 3 is 2.79 bits per heavy atom. The largest absolute Gasteiger partial charge is 0.491 e. The van der Waals surface area contributed by atoms with Gasteiger partial charge in [-0.15, -0.1) is 12.4 Å². The Kier molecular flexibility index (Phi) is 6.42. The molecule has 1 aromatic carbocycles. The van der Waals surface area contributed by atoms with Crippen molar-refractivity contribution in [1.82, 2.24) is 9.55 Å². The average molecular weight is 404 g/mol. The number of pyridine rings is 1. The summed E-state index contributed by atoms with van der Waals surface area (Å²) in [6, 6.07) is 5.69. The van der Waals surface area contributed by atoms with Crippen LogP contribution in [0.15, 0.2) is 40.0 Å². The van der Waals surface area contributed by atoms with Gasteiger partial charge in [-0.1, -0.05) is 19.4 Å². The van der Waals surface area contributed by atoms with Gasteiger partial charge in [-0.05, 0) is 37.3 Å². The van der Waals surface area contributed by atoms with Crippen molar-refractivity contribution in [2.75, 3.05) is 6.61 Å². The van der Waals surface area contributed by atoms with E-state index in [1.165, 1.54) is 19.2 Å². The Morgan fingerprint density at radius 2 is 2.14 bits per heavy atom. The van der Waals surface area contributed by atoms with E-state index in [1.807, 2.05) is 22.8 Å². The Bertz CT molecular complexity index is 994. The number of hydrogen-bond donors (Lipinski definition) is 1. The molecule has 150 valence electrons. The summed E-state index contributed by atoms with van der Waals surface area (Å²) >= 11 is 0. The minimum Gasteiger partial charge on any atom is -0.491 e. The smallest absolute Gasteiger partial charge is 0.258 e. The van der Waals surface area contributed by atoms with Gasteiger partial charge in [0, 0.05) is 24.0 Å². The molecule has 0 unspecified atom stereocenters. The molecule has 4 rings (SSSR count). The third kappa shape index (κ3) is 3.93. The second-order valence-electron chi connectivity index (χ2n) is 7.17. The molecule has 0 amide bonds. The summed E-state index contributed by atoms with van der Waals surface area (Å²) in [5, 5.41) is 1.44. The first-order valence-electron chi connectivity index (χ1n) is 9.64. The van der Waals surface area contributed by atoms with Gasteiger partial charge in [0.25, 0.3) is 5.56 Å². The molecule has 0 saturated heterocycles. The van der Waals surface area contributed by atoms with Crippen LogP contribution in [0.4, 0.5) is 0 Å². The molecule has 0 radical (unpaired) electrons. The summed E-state index contributed by atoms with van der Waals surface area (Å²) in [7, 11) is 0. The summed E-state index contributed by atoms with van der Waals surface area (Å²) in [5.41, 5.74) is 7.73. The van der Waals surface area contributed by atoms with Gasteiger partial charge >= 0.3 is 0 Å². The van der Waals surface area contributed by atoms with E-state index in [0.29, 0.717) is 23.7 Å². The Labute approximate surface area is 170 Å². The molecule has 1 aliphatic carbocycles. The number of hydrogen-bond acceptors (Lipinski definition) is 5. The SMILES string of the molecule is CCCCOc1c(CN)n(CC2CC2)c(=O)c2ccc(-c3cnco3)cc12.Cl. The van der Waals surface area contributed by atoms with Crippen LogP contribution in [0.2, 0.25) is 0 Å². The lowest BCUT2D eigenvalue weighted by molar-refractivity contribution is 0.305. The highest BCUT2D eigenvalue weighted by atomic mass is 35.5. The molecule has 28 heavy (non-hydrogen) atoms. The Hall–Kier alpha value is -2.31. The van der Waals surface area contributed by atoms with Gasteiger partial charge in [0.2, 0.25) is 0 Å². The van der Waals surface area contributed by atoms with Gasteiger partial charge in [0.05, 0.1) is 23.9 Å². The molecule has 0 spiro atoms. The lowest BCUT2D eigenvalue weighted by Crippen LogP contribution is -2.27. The fraction of sp³-hybridized carbons (Fsp3) is 0.429. The first-order chi connectivity index (χ1) is 13.2. The molecule has 1 aliphatic rings. The summed E-state index contributed by atoms with van der Waals surface area (Å²) in [4.78, 5) is 17.2. The number of aromatic nitrogens is 2. The van der Waals surface area contributed by atoms with Crippen LogP contribution in [0.25, 0.3) is 22.1 Å². The van der Waals surface area contributed by atoms with Gasteiger partial charge in [-0.3, -0.25) is 4.79 Å². The second-order valence-corrected chi connectivity index (χ2v) is 7.17. The van der Waals surface area contributed by atoms with E-state index in [2.05, 4.69) is 11.9 Å². The van der Waals surface area contributed by atoms with E-state index < -0.39 is 0 Å². The summed E-state index contributed by atoms with van der Waals surface area (Å²) < 4.78 is 13.4. The maximum absolute atomic E-state index is 13.2. The average Bonchev–Trinajstić information content (AvgIpc) is 3.34. The van der Waals surface area contributed by atoms with E-state index >= 15 is 0 Å². The third-order valence-electron chi connectivity index (χ3n) is 5.12. The van der Waals surface area contributed by atoms with Crippen LogP contribution in [0.1, 0.15) is 38.3 Å². The molecular formula is C21H26ClN3O3. The zero-order valence-electron chi connectivity index (χ0n) is 16.0. The van der Waals surface area contributed by atoms with Crippen molar-refractivity contribution >= 4 is 23.2 Å². The molecular weight excluding hydrogens is 378 g/mol. The highest BCUT2D eigenvalue weighted by Gasteiger charge is 2.26. The number of oxazole rings is 1. The summed E-state index contributed by atoms with van der Waals surface area (Å²) in [5.74, 6) is 1.96. The lowest BCUT2D eigenvalue weighted by Gasteiger charge is -2.19. The zero-order chi connectivity index (χ0) is 18.8. The van der Waals surface area contributed by atoms with Crippen LogP contribution in [0.5, 0.6) is 5.75 Å². The van der Waals surface area contributed by atoms with Crippen molar-refractivity contribution in [3.05, 3.63) is 46.8 Å². The van der Waals surface area contributed by atoms with Crippen LogP contribution in [0.3, 0.4) is 0 Å². The van der Waals surface area contributed by atoms with Gasteiger partial charge in [0.1, 0.15) is 5.75 Å². The molecule has 1 fully saturated rings. The number of benzene rings is 1. The van der Waals surface area contributed by atoms with Crippen molar-refractivity contribution in [3.8, 4) is 17.1 Å². The highest BCUT2D eigenvalue weighted by molar-refractivity contribution is 5.91. The van der Waals surface area contributed by atoms with Crippen molar-refractivity contribution in [3.63, 3.8) is 0 Å². The van der Waals surface area contributed by atoms with Crippen molar-refractivity contribution in [2.24, 2.45) is 11.7 Å². The quantitative estimate of drug-likeness (QED) is 0.572. The fourth-order valence-corrected chi connectivity index (χ4v) is 3.41. The molecule has 2 N–H and O–H groups in total. The maximum atomic E-state index is 13.2. The number of fused-ring (bicyclic) bond motifs is 1. The van der Waals surface area contributed by atoms with Crippen molar-refractivity contribution in [1.29, 1.82) is 0 Å². The minimum atomic E-state index is 0. The number of unbranched alkanes of at least 4 members (excludes halogenated alkanes) is 1. The Morgan fingerprint density at radius 1 is 1.32 bits per heavy atom. The van der Waals surface area contributed by atoms with Gasteiger partial charge in [0.15, 0.2) is 12.2 Å². The molecule has 3 aromatic rings. The highest BCUT2D eigenvalue weighted by Crippen LogP contribution is 2.35. The van der Waals surface area contributed by atoms with E-state index in [9.17, 15) is 4.79 Å². The standard InChI is InChI=1S/C21H25N3O3.ClH/c1-2-3-8-26-20-17-9-15(19-11-23-13-27-19)6-7-16(17)21(25)24(18(20)10-22)12-14-4-5-14;/h6-7,9,11,13-14H,2-5,8,10,12,22H2,1H3;1H. The number of nitrogens with two attached hydrogens (primary N) is 1. The van der Waals surface area contributed by atoms with Crippen molar-refractivity contribution < 1.29 is 9.15 Å². The van der Waals surface area contributed by atoms with Crippen LogP contribution >= 0.6 is 12.4 Å². The predicted molar refractivity (Wildman–Crippen MR) is 112 cm³/mol. The monoisotopic (exact) mass is 403 g/mol. The molecule has 7 heteroatoms. The normalized spacial score (nSPS) is 13.5. The number of ether oxygens (including phenoxy) is 1. The van der Waals surface area contributed by atoms with E-state index in [-0.39, 0.29) is 24.5 Å². The molecule has 6 nitrogen and oxygen atoms in total. The molecule has 2 aromatic heterocycles. The number of nitrogens with zero attached hydrogens (tertiary/aromatic N) is 2. The second kappa shape index (κ2) is 8.80. The van der Waals surface area contributed by atoms with Gasteiger partial charge in [-0.25, -0.2) is 4.98 Å². The molecule has 0 aliphatic heterocycles. The maximum Gasteiger partial charge on any atom is 0.258 e. The van der Waals surface area contributed by atoms with E-state index in [4.69, 9.17) is 14.9 Å². The first kappa shape index (κ1) is 20.4. The molecule has 2 heterocycles. The van der Waals surface area contributed by atoms with E-state index in [1.54, 1.807) is 6.20 Å². The number of rotatable bonds is 8. The van der Waals surface area contributed by atoms with Crippen LogP contribution in [-0.4, -0.2) is 16.2 Å². The first-order valence-corrected chi connectivity index (χ1v) is 9.64. The Balaban J connectivity index is 0.00000225. The van der Waals surface area contributed by atoms with Gasteiger partial charge in [-0.2, -0.15) is 0 Å². The predicted octanol–water partition coefficient (Wildman–Crippen LogP) is 4.13. The van der Waals surface area contributed by atoms with Gasteiger partial charge < -0.3 is 19.5 Å². The molecule has 1 saturated carbocycles. The summed E-state index contributed by atoms with van der Waals surface area (Å²) in [6.45, 7) is 3.72. The molecule has 0 bridgehead atoms. The zero-order valence-corrected chi connectivity index (χ0v) is 16.8.